The van der Waals surface area contributed by atoms with E-state index in [4.69, 9.17) is 9.47 Å². The number of pyridine rings is 1. The van der Waals surface area contributed by atoms with Crippen LogP contribution in [-0.2, 0) is 11.3 Å². The highest BCUT2D eigenvalue weighted by Gasteiger charge is 2.32. The van der Waals surface area contributed by atoms with Gasteiger partial charge in [0.15, 0.2) is 5.75 Å². The van der Waals surface area contributed by atoms with Crippen LogP contribution in [0.2, 0.25) is 0 Å². The summed E-state index contributed by atoms with van der Waals surface area (Å²) in [5, 5.41) is 3.78. The summed E-state index contributed by atoms with van der Waals surface area (Å²) in [6.45, 7) is 8.05. The van der Waals surface area contributed by atoms with E-state index >= 15 is 0 Å². The Morgan fingerprint density at radius 2 is 1.30 bits per heavy atom. The summed E-state index contributed by atoms with van der Waals surface area (Å²) < 4.78 is 13.9. The van der Waals surface area contributed by atoms with Crippen LogP contribution < -0.4 is 31.6 Å². The van der Waals surface area contributed by atoms with Crippen LogP contribution in [0.15, 0.2) is 24.3 Å². The average molecular weight is 718 g/mol. The Balaban J connectivity index is 0.00000768. The fourth-order valence-corrected chi connectivity index (χ4v) is 6.91. The first-order valence-corrected chi connectivity index (χ1v) is 19.1. The van der Waals surface area contributed by atoms with Crippen LogP contribution >= 0.6 is 0 Å². The Bertz CT molecular complexity index is 1160. The van der Waals surface area contributed by atoms with E-state index < -0.39 is 6.09 Å². The second kappa shape index (κ2) is 24.9. The molecule has 1 aromatic carbocycles. The second-order valence-corrected chi connectivity index (χ2v) is 13.7. The van der Waals surface area contributed by atoms with Crippen LogP contribution in [0.1, 0.15) is 171 Å². The number of benzene rings is 1. The number of hydrogen-bond acceptors (Lipinski definition) is 4. The predicted octanol–water partition coefficient (Wildman–Crippen LogP) is 7.94. The van der Waals surface area contributed by atoms with Crippen molar-refractivity contribution in [1.29, 1.82) is 0 Å². The lowest BCUT2D eigenvalue weighted by Gasteiger charge is -2.16. The lowest BCUT2D eigenvalue weighted by molar-refractivity contribution is -0.674. The molecular formula is C40H65BrN2O4. The van der Waals surface area contributed by atoms with Gasteiger partial charge in [0.1, 0.15) is 6.54 Å². The molecule has 0 radical (unpaired) electrons. The molecule has 0 saturated heterocycles. The van der Waals surface area contributed by atoms with E-state index in [1.54, 1.807) is 0 Å². The molecule has 1 amide bonds. The van der Waals surface area contributed by atoms with Gasteiger partial charge in [-0.1, -0.05) is 142 Å². The maximum atomic E-state index is 13.5. The Kier molecular flexibility index (Phi) is 21.7. The molecule has 1 saturated carbocycles. The SMILES string of the molecule is CCCCCCCCCCCCCCCCCCNC(=O)Oc1c(C)c(C(=O)OCC2CCCC2)[n+](CCCC)c2ccccc12.[Br-]. The van der Waals surface area contributed by atoms with E-state index in [1.165, 1.54) is 103 Å². The van der Waals surface area contributed by atoms with E-state index in [0.717, 1.165) is 49.4 Å². The molecule has 0 unspecified atom stereocenters. The van der Waals surface area contributed by atoms with Gasteiger partial charge < -0.3 is 31.8 Å². The summed E-state index contributed by atoms with van der Waals surface area (Å²) in [5.74, 6) is 0.560. The molecule has 0 spiro atoms. The van der Waals surface area contributed by atoms with E-state index in [2.05, 4.69) is 23.7 Å². The quantitative estimate of drug-likeness (QED) is 0.0681. The number of nitrogens with zero attached hydrogens (tertiary/aromatic N) is 1. The van der Waals surface area contributed by atoms with Gasteiger partial charge in [-0.25, -0.2) is 9.59 Å². The number of para-hydroxylation sites is 1. The van der Waals surface area contributed by atoms with Crippen molar-refractivity contribution in [2.75, 3.05) is 13.2 Å². The van der Waals surface area contributed by atoms with Gasteiger partial charge in [-0.15, -0.1) is 0 Å². The van der Waals surface area contributed by atoms with Gasteiger partial charge in [-0.05, 0) is 38.2 Å². The average Bonchev–Trinajstić information content (AvgIpc) is 3.59. The molecule has 1 heterocycles. The van der Waals surface area contributed by atoms with E-state index in [1.807, 2.05) is 31.2 Å². The maximum Gasteiger partial charge on any atom is 0.412 e. The molecule has 7 heteroatoms. The minimum atomic E-state index is -0.467. The van der Waals surface area contributed by atoms with Crippen LogP contribution in [0, 0.1) is 12.8 Å². The zero-order chi connectivity index (χ0) is 32.8. The second-order valence-electron chi connectivity index (χ2n) is 13.7. The van der Waals surface area contributed by atoms with Gasteiger partial charge in [-0.2, -0.15) is 4.57 Å². The molecular weight excluding hydrogens is 652 g/mol. The van der Waals surface area contributed by atoms with Crippen LogP contribution in [0.4, 0.5) is 4.79 Å². The predicted molar refractivity (Wildman–Crippen MR) is 190 cm³/mol. The lowest BCUT2D eigenvalue weighted by Crippen LogP contribution is -3.00. The molecule has 266 valence electrons. The number of aryl methyl sites for hydroxylation is 1. The van der Waals surface area contributed by atoms with E-state index in [0.29, 0.717) is 42.6 Å². The normalized spacial score (nSPS) is 13.1. The zero-order valence-electron chi connectivity index (χ0n) is 30.0. The number of carbonyl (C=O) groups excluding carboxylic acids is 2. The summed E-state index contributed by atoms with van der Waals surface area (Å²) in [6, 6.07) is 7.89. The molecule has 1 aromatic heterocycles. The standard InChI is InChI=1S/C40H64N2O4.BrH/c1-4-6-8-9-10-11-12-13-14-15-16-17-18-19-20-25-30-41-40(44)46-38-33(3)37(39(43)45-32-34-26-21-22-27-34)42(31-7-5-2)36-29-24-23-28-35(36)38;/h23-24,28-29,34H,4-22,25-27,30-32H2,1-3H3;1H. The Morgan fingerprint density at radius 3 is 1.87 bits per heavy atom. The maximum absolute atomic E-state index is 13.5. The number of rotatable bonds is 24. The molecule has 1 aliphatic carbocycles. The Morgan fingerprint density at radius 1 is 0.766 bits per heavy atom. The fourth-order valence-electron chi connectivity index (χ4n) is 6.91. The van der Waals surface area contributed by atoms with Gasteiger partial charge in [0, 0.05) is 19.0 Å². The summed E-state index contributed by atoms with van der Waals surface area (Å²) in [5.41, 5.74) is 2.03. The first kappa shape index (κ1) is 41.0. The highest BCUT2D eigenvalue weighted by atomic mass is 79.9. The highest BCUT2D eigenvalue weighted by Crippen LogP contribution is 2.31. The third kappa shape index (κ3) is 14.9. The van der Waals surface area contributed by atoms with E-state index in [-0.39, 0.29) is 23.0 Å². The number of fused-ring (bicyclic) bond motifs is 1. The number of ether oxygens (including phenoxy) is 2. The smallest absolute Gasteiger partial charge is 0.412 e. The van der Waals surface area contributed by atoms with Gasteiger partial charge in [0.05, 0.1) is 17.6 Å². The van der Waals surface area contributed by atoms with Crippen LogP contribution in [0.25, 0.3) is 10.9 Å². The Hall–Kier alpha value is -2.15. The largest absolute Gasteiger partial charge is 1.00 e. The van der Waals surface area contributed by atoms with Crippen molar-refractivity contribution in [3.8, 4) is 5.75 Å². The highest BCUT2D eigenvalue weighted by molar-refractivity contribution is 5.94. The van der Waals surface area contributed by atoms with Crippen LogP contribution in [0.5, 0.6) is 5.75 Å². The third-order valence-corrected chi connectivity index (χ3v) is 9.75. The van der Waals surface area contributed by atoms with Gasteiger partial charge in [0.25, 0.3) is 5.69 Å². The molecule has 47 heavy (non-hydrogen) atoms. The number of esters is 1. The van der Waals surface area contributed by atoms with E-state index in [9.17, 15) is 9.59 Å². The van der Waals surface area contributed by atoms with Gasteiger partial charge in [0.2, 0.25) is 5.52 Å². The van der Waals surface area contributed by atoms with Crippen molar-refractivity contribution in [3.63, 3.8) is 0 Å². The Labute approximate surface area is 296 Å². The number of nitrogens with one attached hydrogen (secondary N) is 1. The van der Waals surface area contributed by atoms with Crippen molar-refractivity contribution >= 4 is 23.0 Å². The molecule has 6 nitrogen and oxygen atoms in total. The number of unbranched alkanes of at least 4 members (excludes halogenated alkanes) is 16. The first-order valence-electron chi connectivity index (χ1n) is 19.1. The van der Waals surface area contributed by atoms with Crippen molar-refractivity contribution in [2.45, 2.75) is 169 Å². The summed E-state index contributed by atoms with van der Waals surface area (Å²) >= 11 is 0. The van der Waals surface area contributed by atoms with Crippen molar-refractivity contribution in [3.05, 3.63) is 35.5 Å². The molecule has 3 rings (SSSR count). The number of carbonyl (C=O) groups is 2. The number of halogens is 1. The van der Waals surface area contributed by atoms with Crippen molar-refractivity contribution < 1.29 is 40.6 Å². The van der Waals surface area contributed by atoms with Crippen LogP contribution in [0.3, 0.4) is 0 Å². The van der Waals surface area contributed by atoms with Gasteiger partial charge in [-0.3, -0.25) is 0 Å². The number of amides is 1. The minimum absolute atomic E-state index is 0. The fraction of sp³-hybridized carbons (Fsp3) is 0.725. The monoisotopic (exact) mass is 716 g/mol. The van der Waals surface area contributed by atoms with Crippen LogP contribution in [-0.4, -0.2) is 25.2 Å². The molecule has 0 bridgehead atoms. The summed E-state index contributed by atoms with van der Waals surface area (Å²) in [7, 11) is 0. The number of aromatic nitrogens is 1. The first-order chi connectivity index (χ1) is 22.6. The van der Waals surface area contributed by atoms with Crippen molar-refractivity contribution in [2.24, 2.45) is 5.92 Å². The van der Waals surface area contributed by atoms with Crippen molar-refractivity contribution in [1.82, 2.24) is 5.32 Å². The summed E-state index contributed by atoms with van der Waals surface area (Å²) in [6.07, 6.45) is 27.3. The van der Waals surface area contributed by atoms with Gasteiger partial charge >= 0.3 is 12.1 Å². The molecule has 0 aliphatic heterocycles. The summed E-state index contributed by atoms with van der Waals surface area (Å²) in [4.78, 5) is 26.5. The topological polar surface area (TPSA) is 68.5 Å². The molecule has 1 N–H and O–H groups in total. The lowest BCUT2D eigenvalue weighted by atomic mass is 10.0. The molecule has 0 atom stereocenters. The zero-order valence-corrected chi connectivity index (χ0v) is 31.6. The minimum Gasteiger partial charge on any atom is -1.00 e. The molecule has 1 aliphatic rings. The molecule has 2 aromatic rings. The third-order valence-electron chi connectivity index (χ3n) is 9.75. The number of hydrogen-bond donors (Lipinski definition) is 1. The molecule has 1 fully saturated rings.